The second-order valence-electron chi connectivity index (χ2n) is 4.18. The van der Waals surface area contributed by atoms with Gasteiger partial charge in [0.05, 0.1) is 18.1 Å². The van der Waals surface area contributed by atoms with Crippen molar-refractivity contribution in [2.24, 2.45) is 0 Å². The SMILES string of the molecule is CNc1cnc(CN(C)CCN(C)C)cn1. The summed E-state index contributed by atoms with van der Waals surface area (Å²) in [6, 6.07) is 0. The lowest BCUT2D eigenvalue weighted by Crippen LogP contribution is -2.28. The fourth-order valence-electron chi connectivity index (χ4n) is 1.29. The van der Waals surface area contributed by atoms with Gasteiger partial charge in [0.2, 0.25) is 0 Å². The van der Waals surface area contributed by atoms with Gasteiger partial charge in [0.15, 0.2) is 0 Å². The van der Waals surface area contributed by atoms with Gasteiger partial charge in [0.25, 0.3) is 0 Å². The summed E-state index contributed by atoms with van der Waals surface area (Å²) in [5.74, 6) is 0.805. The van der Waals surface area contributed by atoms with Crippen molar-refractivity contribution in [2.75, 3.05) is 46.6 Å². The molecule has 0 fully saturated rings. The zero-order chi connectivity index (χ0) is 12.0. The van der Waals surface area contributed by atoms with Gasteiger partial charge >= 0.3 is 0 Å². The molecule has 0 aliphatic heterocycles. The largest absolute Gasteiger partial charge is 0.372 e. The van der Waals surface area contributed by atoms with E-state index in [9.17, 15) is 0 Å². The highest BCUT2D eigenvalue weighted by Gasteiger charge is 2.02. The Morgan fingerprint density at radius 1 is 1.12 bits per heavy atom. The quantitative estimate of drug-likeness (QED) is 0.761. The summed E-state index contributed by atoms with van der Waals surface area (Å²) in [4.78, 5) is 13.0. The Hall–Kier alpha value is -1.20. The van der Waals surface area contributed by atoms with Gasteiger partial charge < -0.3 is 10.2 Å². The molecule has 1 aromatic rings. The minimum Gasteiger partial charge on any atom is -0.372 e. The van der Waals surface area contributed by atoms with Crippen LogP contribution in [0.5, 0.6) is 0 Å². The predicted molar refractivity (Wildman–Crippen MR) is 66.5 cm³/mol. The van der Waals surface area contributed by atoms with E-state index in [1.165, 1.54) is 0 Å². The van der Waals surface area contributed by atoms with Gasteiger partial charge in [0, 0.05) is 26.7 Å². The summed E-state index contributed by atoms with van der Waals surface area (Å²) in [5.41, 5.74) is 1.00. The zero-order valence-corrected chi connectivity index (χ0v) is 10.6. The molecule has 0 bridgehead atoms. The van der Waals surface area contributed by atoms with Crippen molar-refractivity contribution in [3.05, 3.63) is 18.1 Å². The van der Waals surface area contributed by atoms with Crippen LogP contribution in [0.25, 0.3) is 0 Å². The third-order valence-corrected chi connectivity index (χ3v) is 2.32. The first kappa shape index (κ1) is 12.9. The van der Waals surface area contributed by atoms with Crippen LogP contribution < -0.4 is 5.32 Å². The Morgan fingerprint density at radius 2 is 1.88 bits per heavy atom. The first-order chi connectivity index (χ1) is 7.61. The number of nitrogens with zero attached hydrogens (tertiary/aromatic N) is 4. The molecule has 0 unspecified atom stereocenters. The van der Waals surface area contributed by atoms with Crippen molar-refractivity contribution in [1.82, 2.24) is 19.8 Å². The number of rotatable bonds is 6. The van der Waals surface area contributed by atoms with Crippen molar-refractivity contribution in [2.45, 2.75) is 6.54 Å². The molecule has 0 spiro atoms. The molecule has 0 atom stereocenters. The van der Waals surface area contributed by atoms with E-state index in [0.29, 0.717) is 0 Å². The van der Waals surface area contributed by atoms with Gasteiger partial charge in [-0.15, -0.1) is 0 Å². The highest BCUT2D eigenvalue weighted by atomic mass is 15.2. The topological polar surface area (TPSA) is 44.3 Å². The van der Waals surface area contributed by atoms with Gasteiger partial charge in [-0.05, 0) is 21.1 Å². The lowest BCUT2D eigenvalue weighted by Gasteiger charge is -2.18. The van der Waals surface area contributed by atoms with Crippen LogP contribution in [0.15, 0.2) is 12.4 Å². The average molecular weight is 223 g/mol. The number of likely N-dealkylation sites (N-methyl/N-ethyl adjacent to an activating group) is 2. The highest BCUT2D eigenvalue weighted by molar-refractivity contribution is 5.29. The third-order valence-electron chi connectivity index (χ3n) is 2.32. The summed E-state index contributed by atoms with van der Waals surface area (Å²) >= 11 is 0. The second kappa shape index (κ2) is 6.40. The fraction of sp³-hybridized carbons (Fsp3) is 0.636. The molecule has 16 heavy (non-hydrogen) atoms. The van der Waals surface area contributed by atoms with Gasteiger partial charge in [-0.2, -0.15) is 0 Å². The van der Waals surface area contributed by atoms with E-state index in [4.69, 9.17) is 0 Å². The standard InChI is InChI=1S/C11H21N5/c1-12-11-8-13-10(7-14-11)9-16(4)6-5-15(2)3/h7-8H,5-6,9H2,1-4H3,(H,12,14). The van der Waals surface area contributed by atoms with Crippen molar-refractivity contribution in [3.8, 4) is 0 Å². The molecular formula is C11H21N5. The van der Waals surface area contributed by atoms with Crippen molar-refractivity contribution < 1.29 is 0 Å². The monoisotopic (exact) mass is 223 g/mol. The molecule has 5 heteroatoms. The minimum absolute atomic E-state index is 0.805. The van der Waals surface area contributed by atoms with Crippen LogP contribution in [0, 0.1) is 0 Å². The smallest absolute Gasteiger partial charge is 0.144 e. The molecule has 1 N–H and O–H groups in total. The van der Waals surface area contributed by atoms with E-state index >= 15 is 0 Å². The second-order valence-corrected chi connectivity index (χ2v) is 4.18. The van der Waals surface area contributed by atoms with Crippen LogP contribution in [0.3, 0.4) is 0 Å². The summed E-state index contributed by atoms with van der Waals surface area (Å²) in [5, 5.41) is 2.95. The molecule has 0 aliphatic carbocycles. The van der Waals surface area contributed by atoms with Gasteiger partial charge in [-0.25, -0.2) is 4.98 Å². The maximum Gasteiger partial charge on any atom is 0.144 e. The van der Waals surface area contributed by atoms with E-state index in [1.807, 2.05) is 13.2 Å². The van der Waals surface area contributed by atoms with Crippen LogP contribution in [0.2, 0.25) is 0 Å². The molecule has 0 aromatic carbocycles. The van der Waals surface area contributed by atoms with Crippen LogP contribution in [-0.2, 0) is 6.54 Å². The van der Waals surface area contributed by atoms with E-state index in [-0.39, 0.29) is 0 Å². The minimum atomic E-state index is 0.805. The predicted octanol–water partition coefficient (Wildman–Crippen LogP) is 0.512. The first-order valence-electron chi connectivity index (χ1n) is 5.43. The molecule has 5 nitrogen and oxygen atoms in total. The average Bonchev–Trinajstić information content (AvgIpc) is 2.27. The molecule has 0 saturated carbocycles. The molecule has 1 aromatic heterocycles. The lowest BCUT2D eigenvalue weighted by atomic mass is 10.4. The normalized spacial score (nSPS) is 11.1. The number of aromatic nitrogens is 2. The summed E-state index contributed by atoms with van der Waals surface area (Å²) < 4.78 is 0. The Bertz CT molecular complexity index is 296. The highest BCUT2D eigenvalue weighted by Crippen LogP contribution is 2.02. The first-order valence-corrected chi connectivity index (χ1v) is 5.43. The lowest BCUT2D eigenvalue weighted by molar-refractivity contribution is 0.274. The van der Waals surface area contributed by atoms with Crippen LogP contribution in [0.1, 0.15) is 5.69 Å². The Balaban J connectivity index is 2.40. The van der Waals surface area contributed by atoms with Crippen molar-refractivity contribution in [3.63, 3.8) is 0 Å². The third kappa shape index (κ3) is 4.55. The summed E-state index contributed by atoms with van der Waals surface area (Å²) in [7, 11) is 8.09. The molecular weight excluding hydrogens is 202 g/mol. The molecule has 0 saturated heterocycles. The summed E-state index contributed by atoms with van der Waals surface area (Å²) in [6.07, 6.45) is 3.58. The van der Waals surface area contributed by atoms with Gasteiger partial charge in [-0.1, -0.05) is 0 Å². The van der Waals surface area contributed by atoms with E-state index in [1.54, 1.807) is 6.20 Å². The molecule has 90 valence electrons. The van der Waals surface area contributed by atoms with Crippen LogP contribution in [0.4, 0.5) is 5.82 Å². The van der Waals surface area contributed by atoms with Crippen LogP contribution in [-0.4, -0.2) is 61.0 Å². The number of hydrogen-bond donors (Lipinski definition) is 1. The van der Waals surface area contributed by atoms with Crippen molar-refractivity contribution in [1.29, 1.82) is 0 Å². The van der Waals surface area contributed by atoms with Gasteiger partial charge in [-0.3, -0.25) is 9.88 Å². The Kier molecular flexibility index (Phi) is 5.14. The zero-order valence-electron chi connectivity index (χ0n) is 10.6. The maximum atomic E-state index is 4.34. The number of anilines is 1. The van der Waals surface area contributed by atoms with E-state index in [2.05, 4.69) is 46.2 Å². The molecule has 1 rings (SSSR count). The van der Waals surface area contributed by atoms with Crippen LogP contribution >= 0.6 is 0 Å². The fourth-order valence-corrected chi connectivity index (χ4v) is 1.29. The Morgan fingerprint density at radius 3 is 2.38 bits per heavy atom. The number of hydrogen-bond acceptors (Lipinski definition) is 5. The van der Waals surface area contributed by atoms with Gasteiger partial charge in [0.1, 0.15) is 5.82 Å². The van der Waals surface area contributed by atoms with E-state index in [0.717, 1.165) is 31.1 Å². The van der Waals surface area contributed by atoms with Crippen molar-refractivity contribution >= 4 is 5.82 Å². The molecule has 0 radical (unpaired) electrons. The number of nitrogens with one attached hydrogen (secondary N) is 1. The maximum absolute atomic E-state index is 4.34. The Labute approximate surface area is 97.5 Å². The molecule has 0 aliphatic rings. The molecule has 0 amide bonds. The van der Waals surface area contributed by atoms with E-state index < -0.39 is 0 Å². The molecule has 1 heterocycles. The summed E-state index contributed by atoms with van der Waals surface area (Å²) in [6.45, 7) is 2.92.